The summed E-state index contributed by atoms with van der Waals surface area (Å²) in [4.78, 5) is 1.89. The summed E-state index contributed by atoms with van der Waals surface area (Å²) in [7, 11) is 3.83. The maximum atomic E-state index is 9.44. The molecule has 0 fully saturated rings. The SMILES string of the molecule is CC(=NN=C(c1ccc(O)cc1)c1ccc(Cl)cc1)N(C)C. The van der Waals surface area contributed by atoms with E-state index in [1.165, 1.54) is 0 Å². The van der Waals surface area contributed by atoms with Gasteiger partial charge in [-0.15, -0.1) is 10.2 Å². The number of nitrogens with zero attached hydrogens (tertiary/aromatic N) is 3. The Bertz CT molecular complexity index is 641. The number of phenols is 1. The zero-order chi connectivity index (χ0) is 16.1. The summed E-state index contributed by atoms with van der Waals surface area (Å²) < 4.78 is 0. The third-order valence-electron chi connectivity index (χ3n) is 3.20. The van der Waals surface area contributed by atoms with Gasteiger partial charge in [0.15, 0.2) is 0 Å². The molecule has 2 aromatic carbocycles. The first-order valence-corrected chi connectivity index (χ1v) is 7.20. The highest BCUT2D eigenvalue weighted by molar-refractivity contribution is 6.30. The van der Waals surface area contributed by atoms with Crippen molar-refractivity contribution in [2.45, 2.75) is 6.92 Å². The van der Waals surface area contributed by atoms with Crippen LogP contribution in [0.25, 0.3) is 0 Å². The van der Waals surface area contributed by atoms with Crippen molar-refractivity contribution in [2.75, 3.05) is 14.1 Å². The Morgan fingerprint density at radius 2 is 1.41 bits per heavy atom. The zero-order valence-corrected chi connectivity index (χ0v) is 13.5. The molecule has 5 heteroatoms. The molecule has 0 unspecified atom stereocenters. The third-order valence-corrected chi connectivity index (χ3v) is 3.45. The van der Waals surface area contributed by atoms with Crippen LogP contribution in [-0.4, -0.2) is 35.6 Å². The van der Waals surface area contributed by atoms with Crippen molar-refractivity contribution in [1.82, 2.24) is 4.90 Å². The Hall–Kier alpha value is -2.33. The van der Waals surface area contributed by atoms with E-state index in [-0.39, 0.29) is 5.75 Å². The molecule has 0 bridgehead atoms. The molecule has 0 aliphatic rings. The van der Waals surface area contributed by atoms with Crippen LogP contribution in [0.15, 0.2) is 58.7 Å². The van der Waals surface area contributed by atoms with Crippen LogP contribution in [0.2, 0.25) is 5.02 Å². The topological polar surface area (TPSA) is 48.2 Å². The smallest absolute Gasteiger partial charge is 0.123 e. The average Bonchev–Trinajstić information content (AvgIpc) is 2.50. The molecule has 4 nitrogen and oxygen atoms in total. The lowest BCUT2D eigenvalue weighted by Crippen LogP contribution is -2.18. The van der Waals surface area contributed by atoms with E-state index < -0.39 is 0 Å². The van der Waals surface area contributed by atoms with E-state index in [0.29, 0.717) is 5.02 Å². The van der Waals surface area contributed by atoms with Crippen molar-refractivity contribution < 1.29 is 5.11 Å². The molecule has 1 N–H and O–H groups in total. The summed E-state index contributed by atoms with van der Waals surface area (Å²) in [6.07, 6.45) is 0. The molecule has 0 saturated heterocycles. The van der Waals surface area contributed by atoms with Crippen LogP contribution in [0.5, 0.6) is 5.75 Å². The highest BCUT2D eigenvalue weighted by Crippen LogP contribution is 2.17. The fourth-order valence-electron chi connectivity index (χ4n) is 1.72. The number of hydrogen-bond acceptors (Lipinski definition) is 3. The first-order valence-electron chi connectivity index (χ1n) is 6.82. The molecule has 114 valence electrons. The predicted octanol–water partition coefficient (Wildman–Crippen LogP) is 3.78. The molecule has 0 saturated carbocycles. The lowest BCUT2D eigenvalue weighted by molar-refractivity contribution is 0.475. The summed E-state index contributed by atoms with van der Waals surface area (Å²) in [5.74, 6) is 1.01. The lowest BCUT2D eigenvalue weighted by atomic mass is 10.0. The monoisotopic (exact) mass is 315 g/mol. The van der Waals surface area contributed by atoms with Crippen LogP contribution in [-0.2, 0) is 0 Å². The van der Waals surface area contributed by atoms with E-state index in [4.69, 9.17) is 11.6 Å². The average molecular weight is 316 g/mol. The molecule has 0 radical (unpaired) electrons. The Balaban J connectivity index is 2.49. The number of amidine groups is 1. The van der Waals surface area contributed by atoms with Gasteiger partial charge in [-0.1, -0.05) is 23.7 Å². The number of phenolic OH excluding ortho intramolecular Hbond substituents is 1. The van der Waals surface area contributed by atoms with Gasteiger partial charge in [0.25, 0.3) is 0 Å². The molecule has 0 amide bonds. The Labute approximate surface area is 135 Å². The summed E-state index contributed by atoms with van der Waals surface area (Å²) in [5, 5.41) is 18.8. The van der Waals surface area contributed by atoms with E-state index in [2.05, 4.69) is 10.2 Å². The molecule has 0 atom stereocenters. The molecule has 2 rings (SSSR count). The number of rotatable bonds is 3. The molecule has 0 aliphatic heterocycles. The van der Waals surface area contributed by atoms with Crippen molar-refractivity contribution in [3.05, 3.63) is 64.7 Å². The molecule has 2 aromatic rings. The van der Waals surface area contributed by atoms with Crippen molar-refractivity contribution in [2.24, 2.45) is 10.2 Å². The lowest BCUT2D eigenvalue weighted by Gasteiger charge is -2.10. The minimum atomic E-state index is 0.215. The van der Waals surface area contributed by atoms with Crippen LogP contribution in [0.1, 0.15) is 18.1 Å². The number of benzene rings is 2. The van der Waals surface area contributed by atoms with Gasteiger partial charge in [-0.2, -0.15) is 0 Å². The van der Waals surface area contributed by atoms with Crippen LogP contribution >= 0.6 is 11.6 Å². The minimum Gasteiger partial charge on any atom is -0.508 e. The van der Waals surface area contributed by atoms with Gasteiger partial charge in [-0.3, -0.25) is 0 Å². The van der Waals surface area contributed by atoms with E-state index in [1.807, 2.05) is 62.3 Å². The second kappa shape index (κ2) is 7.09. The standard InChI is InChI=1S/C17H18ClN3O/c1-12(21(2)3)19-20-17(13-4-8-15(18)9-5-13)14-6-10-16(22)11-7-14/h4-11,22H,1-3H3. The predicted molar refractivity (Wildman–Crippen MR) is 92.0 cm³/mol. The first kappa shape index (κ1) is 16.0. The molecule has 0 aromatic heterocycles. The second-order valence-electron chi connectivity index (χ2n) is 5.04. The Morgan fingerprint density at radius 1 is 0.909 bits per heavy atom. The summed E-state index contributed by atoms with van der Waals surface area (Å²) in [6.45, 7) is 1.89. The molecular formula is C17H18ClN3O. The van der Waals surface area contributed by atoms with Gasteiger partial charge >= 0.3 is 0 Å². The van der Waals surface area contributed by atoms with Crippen LogP contribution in [0.4, 0.5) is 0 Å². The van der Waals surface area contributed by atoms with Crippen molar-refractivity contribution in [3.8, 4) is 5.75 Å². The Kier molecular flexibility index (Phi) is 5.17. The van der Waals surface area contributed by atoms with Gasteiger partial charge in [0.1, 0.15) is 17.3 Å². The van der Waals surface area contributed by atoms with Crippen molar-refractivity contribution in [3.63, 3.8) is 0 Å². The molecule has 0 spiro atoms. The third kappa shape index (κ3) is 4.09. The fourth-order valence-corrected chi connectivity index (χ4v) is 1.85. The van der Waals surface area contributed by atoms with Gasteiger partial charge in [-0.25, -0.2) is 0 Å². The van der Waals surface area contributed by atoms with Gasteiger partial charge in [0.2, 0.25) is 0 Å². The van der Waals surface area contributed by atoms with Crippen molar-refractivity contribution in [1.29, 1.82) is 0 Å². The fraction of sp³-hybridized carbons (Fsp3) is 0.176. The maximum absolute atomic E-state index is 9.44. The minimum absolute atomic E-state index is 0.215. The molecule has 22 heavy (non-hydrogen) atoms. The van der Waals surface area contributed by atoms with Gasteiger partial charge in [0.05, 0.1) is 0 Å². The maximum Gasteiger partial charge on any atom is 0.123 e. The van der Waals surface area contributed by atoms with E-state index >= 15 is 0 Å². The van der Waals surface area contributed by atoms with E-state index in [1.54, 1.807) is 12.1 Å². The van der Waals surface area contributed by atoms with Crippen LogP contribution in [0, 0.1) is 0 Å². The van der Waals surface area contributed by atoms with Crippen molar-refractivity contribution >= 4 is 23.1 Å². The molecule has 0 heterocycles. The van der Waals surface area contributed by atoms with Crippen LogP contribution in [0.3, 0.4) is 0 Å². The summed E-state index contributed by atoms with van der Waals surface area (Å²) in [6, 6.07) is 14.3. The van der Waals surface area contributed by atoms with Gasteiger partial charge in [0, 0.05) is 30.2 Å². The van der Waals surface area contributed by atoms with Crippen LogP contribution < -0.4 is 0 Å². The molecule has 0 aliphatic carbocycles. The first-order chi connectivity index (χ1) is 10.5. The van der Waals surface area contributed by atoms with E-state index in [0.717, 1.165) is 22.7 Å². The second-order valence-corrected chi connectivity index (χ2v) is 5.48. The largest absolute Gasteiger partial charge is 0.508 e. The van der Waals surface area contributed by atoms with Gasteiger partial charge in [-0.05, 0) is 43.3 Å². The van der Waals surface area contributed by atoms with E-state index in [9.17, 15) is 5.11 Å². The number of hydrogen-bond donors (Lipinski definition) is 1. The highest BCUT2D eigenvalue weighted by Gasteiger charge is 2.08. The number of halogens is 1. The Morgan fingerprint density at radius 3 is 1.91 bits per heavy atom. The van der Waals surface area contributed by atoms with Gasteiger partial charge < -0.3 is 10.0 Å². The highest BCUT2D eigenvalue weighted by atomic mass is 35.5. The summed E-state index contributed by atoms with van der Waals surface area (Å²) in [5.41, 5.74) is 2.50. The zero-order valence-electron chi connectivity index (χ0n) is 12.8. The quantitative estimate of drug-likeness (QED) is 0.532. The summed E-state index contributed by atoms with van der Waals surface area (Å²) >= 11 is 5.95. The molecular weight excluding hydrogens is 298 g/mol. The normalized spacial score (nSPS) is 12.4. The number of aromatic hydroxyl groups is 1.